The van der Waals surface area contributed by atoms with Gasteiger partial charge in [-0.25, -0.2) is 21.6 Å². The van der Waals surface area contributed by atoms with Gasteiger partial charge in [-0.15, -0.1) is 0 Å². The smallest absolute Gasteiger partial charge is 0.232 e. The van der Waals surface area contributed by atoms with E-state index in [4.69, 9.17) is 0 Å². The monoisotopic (exact) mass is 320 g/mol. The molecule has 0 aliphatic rings. The highest BCUT2D eigenvalue weighted by Gasteiger charge is 2.17. The van der Waals surface area contributed by atoms with E-state index in [1.807, 2.05) is 19.1 Å². The van der Waals surface area contributed by atoms with E-state index in [2.05, 4.69) is 4.72 Å². The van der Waals surface area contributed by atoms with Gasteiger partial charge in [0, 0.05) is 13.1 Å². The Morgan fingerprint density at radius 1 is 1.05 bits per heavy atom. The molecule has 0 atom stereocenters. The van der Waals surface area contributed by atoms with Gasteiger partial charge in [0.05, 0.1) is 18.2 Å². The van der Waals surface area contributed by atoms with Crippen molar-refractivity contribution in [3.63, 3.8) is 0 Å². The molecule has 0 fully saturated rings. The summed E-state index contributed by atoms with van der Waals surface area (Å²) in [6.45, 7) is 2.10. The average Bonchev–Trinajstić information content (AvgIpc) is 2.32. The van der Waals surface area contributed by atoms with E-state index in [1.54, 1.807) is 12.1 Å². The maximum absolute atomic E-state index is 11.8. The Balaban J connectivity index is 2.89. The molecule has 20 heavy (non-hydrogen) atoms. The molecule has 0 spiro atoms. The number of nitrogens with zero attached hydrogens (tertiary/aromatic N) is 1. The van der Waals surface area contributed by atoms with Crippen molar-refractivity contribution in [3.8, 4) is 0 Å². The summed E-state index contributed by atoms with van der Waals surface area (Å²) in [5.74, 6) is 0. The number of hydrogen-bond acceptors (Lipinski definition) is 4. The lowest BCUT2D eigenvalue weighted by Crippen LogP contribution is -2.37. The van der Waals surface area contributed by atoms with Gasteiger partial charge in [-0.1, -0.05) is 19.1 Å². The summed E-state index contributed by atoms with van der Waals surface area (Å²) < 4.78 is 49.1. The fourth-order valence-corrected chi connectivity index (χ4v) is 3.11. The second-order valence-corrected chi connectivity index (χ2v) is 8.26. The van der Waals surface area contributed by atoms with Gasteiger partial charge in [-0.2, -0.15) is 0 Å². The second-order valence-electron chi connectivity index (χ2n) is 4.52. The van der Waals surface area contributed by atoms with E-state index in [-0.39, 0.29) is 13.1 Å². The minimum absolute atomic E-state index is 0.0292. The third-order valence-corrected chi connectivity index (χ3v) is 4.63. The lowest BCUT2D eigenvalue weighted by atomic mass is 10.1. The summed E-state index contributed by atoms with van der Waals surface area (Å²) in [5.41, 5.74) is 1.64. The van der Waals surface area contributed by atoms with Gasteiger partial charge in [0.15, 0.2) is 0 Å². The Kier molecular flexibility index (Phi) is 5.55. The fraction of sp³-hybridized carbons (Fsp3) is 0.500. The molecule has 1 rings (SSSR count). The Morgan fingerprint density at radius 2 is 1.60 bits per heavy atom. The van der Waals surface area contributed by atoms with Crippen molar-refractivity contribution in [1.29, 1.82) is 0 Å². The molecule has 0 amide bonds. The summed E-state index contributed by atoms with van der Waals surface area (Å²) in [7, 11) is -6.79. The predicted molar refractivity (Wildman–Crippen MR) is 80.9 cm³/mol. The van der Waals surface area contributed by atoms with Crippen LogP contribution in [0.5, 0.6) is 0 Å². The molecule has 0 aromatic heterocycles. The van der Waals surface area contributed by atoms with E-state index in [0.717, 1.165) is 24.5 Å². The second kappa shape index (κ2) is 6.55. The molecule has 0 aliphatic carbocycles. The average molecular weight is 320 g/mol. The fourth-order valence-electron chi connectivity index (χ4n) is 1.72. The summed E-state index contributed by atoms with van der Waals surface area (Å²) in [4.78, 5) is 0. The molecule has 114 valence electrons. The van der Waals surface area contributed by atoms with Crippen LogP contribution in [0.3, 0.4) is 0 Å². The minimum Gasteiger partial charge on any atom is -0.269 e. The van der Waals surface area contributed by atoms with Crippen LogP contribution in [0.2, 0.25) is 0 Å². The molecular weight excluding hydrogens is 300 g/mol. The van der Waals surface area contributed by atoms with Crippen LogP contribution in [-0.2, 0) is 26.5 Å². The first-order valence-corrected chi connectivity index (χ1v) is 9.89. The molecule has 0 heterocycles. The van der Waals surface area contributed by atoms with Gasteiger partial charge in [0.25, 0.3) is 0 Å². The van der Waals surface area contributed by atoms with Crippen molar-refractivity contribution in [1.82, 2.24) is 4.72 Å². The van der Waals surface area contributed by atoms with Crippen LogP contribution < -0.4 is 9.03 Å². The zero-order chi connectivity index (χ0) is 15.4. The highest BCUT2D eigenvalue weighted by molar-refractivity contribution is 7.92. The third-order valence-electron chi connectivity index (χ3n) is 2.71. The molecular formula is C12H20N2O4S2. The highest BCUT2D eigenvalue weighted by atomic mass is 32.2. The maximum Gasteiger partial charge on any atom is 0.232 e. The van der Waals surface area contributed by atoms with Gasteiger partial charge < -0.3 is 0 Å². The van der Waals surface area contributed by atoms with Gasteiger partial charge in [0.2, 0.25) is 20.0 Å². The molecule has 0 saturated heterocycles. The molecule has 1 N–H and O–H groups in total. The van der Waals surface area contributed by atoms with Gasteiger partial charge >= 0.3 is 0 Å². The van der Waals surface area contributed by atoms with Crippen molar-refractivity contribution in [2.75, 3.05) is 29.9 Å². The van der Waals surface area contributed by atoms with Crippen molar-refractivity contribution in [3.05, 3.63) is 29.8 Å². The van der Waals surface area contributed by atoms with Crippen LogP contribution in [0.4, 0.5) is 5.69 Å². The zero-order valence-electron chi connectivity index (χ0n) is 11.8. The lowest BCUT2D eigenvalue weighted by molar-refractivity contribution is 0.583. The molecule has 6 nitrogen and oxygen atoms in total. The Hall–Kier alpha value is -1.12. The standard InChI is InChI=1S/C12H20N2O4S2/c1-4-11-5-7-12(8-6-11)14(20(3,17)18)10-9-13-19(2,15)16/h5-8,13H,4,9-10H2,1-3H3. The summed E-state index contributed by atoms with van der Waals surface area (Å²) in [6.07, 6.45) is 3.00. The normalized spacial score (nSPS) is 12.3. The van der Waals surface area contributed by atoms with Crippen molar-refractivity contribution in [2.24, 2.45) is 0 Å². The number of hydrogen-bond donors (Lipinski definition) is 1. The maximum atomic E-state index is 11.8. The number of sulfonamides is 2. The Bertz CT molecular complexity index is 637. The predicted octanol–water partition coefficient (Wildman–Crippen LogP) is 0.564. The van der Waals surface area contributed by atoms with Crippen LogP contribution in [0, 0.1) is 0 Å². The molecule has 0 unspecified atom stereocenters. The first-order valence-electron chi connectivity index (χ1n) is 6.15. The van der Waals surface area contributed by atoms with Gasteiger partial charge in [-0.3, -0.25) is 4.31 Å². The SMILES string of the molecule is CCc1ccc(N(CCNS(C)(=O)=O)S(C)(=O)=O)cc1. The van der Waals surface area contributed by atoms with Crippen molar-refractivity contribution < 1.29 is 16.8 Å². The first-order chi connectivity index (χ1) is 9.13. The number of benzene rings is 1. The van der Waals surface area contributed by atoms with Crippen LogP contribution in [0.1, 0.15) is 12.5 Å². The molecule has 0 radical (unpaired) electrons. The van der Waals surface area contributed by atoms with Crippen molar-refractivity contribution in [2.45, 2.75) is 13.3 Å². The largest absolute Gasteiger partial charge is 0.269 e. The Labute approximate surface area is 120 Å². The van der Waals surface area contributed by atoms with Gasteiger partial charge in [0.1, 0.15) is 0 Å². The lowest BCUT2D eigenvalue weighted by Gasteiger charge is -2.22. The first kappa shape index (κ1) is 16.9. The van der Waals surface area contributed by atoms with Crippen LogP contribution in [0.25, 0.3) is 0 Å². The summed E-state index contributed by atoms with van der Waals surface area (Å²) >= 11 is 0. The zero-order valence-corrected chi connectivity index (χ0v) is 13.5. The van der Waals surface area contributed by atoms with E-state index < -0.39 is 20.0 Å². The van der Waals surface area contributed by atoms with E-state index in [9.17, 15) is 16.8 Å². The van der Waals surface area contributed by atoms with Crippen molar-refractivity contribution >= 4 is 25.7 Å². The quantitative estimate of drug-likeness (QED) is 0.796. The molecule has 0 saturated carbocycles. The molecule has 1 aromatic rings. The molecule has 0 bridgehead atoms. The van der Waals surface area contributed by atoms with E-state index in [0.29, 0.717) is 5.69 Å². The van der Waals surface area contributed by atoms with E-state index >= 15 is 0 Å². The van der Waals surface area contributed by atoms with Crippen LogP contribution >= 0.6 is 0 Å². The number of nitrogens with one attached hydrogen (secondary N) is 1. The minimum atomic E-state index is -3.46. The highest BCUT2D eigenvalue weighted by Crippen LogP contribution is 2.18. The summed E-state index contributed by atoms with van der Waals surface area (Å²) in [6, 6.07) is 7.16. The number of rotatable bonds is 7. The molecule has 0 aliphatic heterocycles. The molecule has 1 aromatic carbocycles. The number of aryl methyl sites for hydroxylation is 1. The van der Waals surface area contributed by atoms with Gasteiger partial charge in [-0.05, 0) is 24.1 Å². The molecule has 8 heteroatoms. The number of anilines is 1. The van der Waals surface area contributed by atoms with Crippen LogP contribution in [0.15, 0.2) is 24.3 Å². The van der Waals surface area contributed by atoms with Crippen LogP contribution in [-0.4, -0.2) is 42.4 Å². The Morgan fingerprint density at radius 3 is 2.00 bits per heavy atom. The topological polar surface area (TPSA) is 83.6 Å². The summed E-state index contributed by atoms with van der Waals surface area (Å²) in [5, 5.41) is 0. The third kappa shape index (κ3) is 5.48. The van der Waals surface area contributed by atoms with E-state index in [1.165, 1.54) is 4.31 Å².